The third-order valence-corrected chi connectivity index (χ3v) is 5.76. The van der Waals surface area contributed by atoms with Gasteiger partial charge < -0.3 is 10.3 Å². The lowest BCUT2D eigenvalue weighted by atomic mass is 10.0. The van der Waals surface area contributed by atoms with Crippen LogP contribution in [0.3, 0.4) is 0 Å². The van der Waals surface area contributed by atoms with Gasteiger partial charge in [0.05, 0.1) is 17.2 Å². The Balaban J connectivity index is 1.71. The van der Waals surface area contributed by atoms with Gasteiger partial charge in [0.2, 0.25) is 0 Å². The van der Waals surface area contributed by atoms with E-state index in [2.05, 4.69) is 15.7 Å². The van der Waals surface area contributed by atoms with Crippen LogP contribution in [0.1, 0.15) is 24.4 Å². The van der Waals surface area contributed by atoms with Gasteiger partial charge in [-0.05, 0) is 25.2 Å². The maximum absolute atomic E-state index is 11.4. The molecule has 2 aliphatic heterocycles. The predicted molar refractivity (Wildman–Crippen MR) is 69.0 cm³/mol. The standard InChI is InChI=1S/C12H19N3O2S/c13-10-1-3-15-7-11(14-12(15)6-10)5-9-2-4-18(16,17)8-9/h7,9-10H,1-6,8,13H2. The molecular weight excluding hydrogens is 250 g/mol. The summed E-state index contributed by atoms with van der Waals surface area (Å²) in [5.74, 6) is 1.98. The fourth-order valence-electron chi connectivity index (χ4n) is 2.94. The average Bonchev–Trinajstić information content (AvgIpc) is 2.81. The van der Waals surface area contributed by atoms with E-state index in [1.807, 2.05) is 0 Å². The zero-order valence-corrected chi connectivity index (χ0v) is 11.2. The molecule has 2 unspecified atom stereocenters. The van der Waals surface area contributed by atoms with Crippen LogP contribution in [0.4, 0.5) is 0 Å². The number of hydrogen-bond donors (Lipinski definition) is 1. The first-order valence-electron chi connectivity index (χ1n) is 6.53. The average molecular weight is 269 g/mol. The largest absolute Gasteiger partial charge is 0.335 e. The van der Waals surface area contributed by atoms with Gasteiger partial charge in [-0.3, -0.25) is 0 Å². The summed E-state index contributed by atoms with van der Waals surface area (Å²) >= 11 is 0. The zero-order valence-electron chi connectivity index (χ0n) is 10.4. The summed E-state index contributed by atoms with van der Waals surface area (Å²) in [6.07, 6.45) is 5.48. The molecule has 1 saturated heterocycles. The summed E-state index contributed by atoms with van der Waals surface area (Å²) in [5, 5.41) is 0. The van der Waals surface area contributed by atoms with Crippen LogP contribution in [0.5, 0.6) is 0 Å². The van der Waals surface area contributed by atoms with E-state index in [1.165, 1.54) is 0 Å². The Morgan fingerprint density at radius 1 is 1.44 bits per heavy atom. The maximum Gasteiger partial charge on any atom is 0.150 e. The Morgan fingerprint density at radius 3 is 3.00 bits per heavy atom. The van der Waals surface area contributed by atoms with Crippen molar-refractivity contribution >= 4 is 9.84 Å². The first-order chi connectivity index (χ1) is 8.52. The number of hydrogen-bond acceptors (Lipinski definition) is 4. The van der Waals surface area contributed by atoms with Gasteiger partial charge in [0.1, 0.15) is 5.82 Å². The Bertz CT molecular complexity index is 550. The summed E-state index contributed by atoms with van der Waals surface area (Å²) in [6.45, 7) is 0.937. The van der Waals surface area contributed by atoms with E-state index in [0.717, 1.165) is 43.7 Å². The van der Waals surface area contributed by atoms with Crippen molar-refractivity contribution in [2.24, 2.45) is 11.7 Å². The van der Waals surface area contributed by atoms with Crippen molar-refractivity contribution in [3.05, 3.63) is 17.7 Å². The monoisotopic (exact) mass is 269 g/mol. The van der Waals surface area contributed by atoms with E-state index < -0.39 is 9.84 Å². The Hall–Kier alpha value is -0.880. The second-order valence-electron chi connectivity index (χ2n) is 5.57. The van der Waals surface area contributed by atoms with Gasteiger partial charge in [0, 0.05) is 25.2 Å². The highest BCUT2D eigenvalue weighted by molar-refractivity contribution is 7.91. The number of aryl methyl sites for hydroxylation is 1. The molecule has 5 nitrogen and oxygen atoms in total. The van der Waals surface area contributed by atoms with Crippen LogP contribution in [0, 0.1) is 5.92 Å². The first kappa shape index (κ1) is 12.2. The van der Waals surface area contributed by atoms with Crippen LogP contribution in [-0.2, 0) is 29.2 Å². The van der Waals surface area contributed by atoms with Gasteiger partial charge in [0.15, 0.2) is 9.84 Å². The summed E-state index contributed by atoms with van der Waals surface area (Å²) < 4.78 is 25.0. The zero-order chi connectivity index (χ0) is 12.8. The van der Waals surface area contributed by atoms with E-state index in [0.29, 0.717) is 11.5 Å². The fourth-order valence-corrected chi connectivity index (χ4v) is 4.80. The third kappa shape index (κ3) is 2.44. The molecule has 0 amide bonds. The van der Waals surface area contributed by atoms with Crippen LogP contribution in [0.25, 0.3) is 0 Å². The molecule has 0 radical (unpaired) electrons. The molecular formula is C12H19N3O2S. The molecule has 2 aliphatic rings. The molecule has 1 aromatic rings. The molecule has 2 atom stereocenters. The van der Waals surface area contributed by atoms with Gasteiger partial charge in [0.25, 0.3) is 0 Å². The van der Waals surface area contributed by atoms with Crippen LogP contribution in [-0.4, -0.2) is 35.5 Å². The predicted octanol–water partition coefficient (Wildman–Crippen LogP) is 0.134. The highest BCUT2D eigenvalue weighted by atomic mass is 32.2. The van der Waals surface area contributed by atoms with Crippen molar-refractivity contribution in [1.82, 2.24) is 9.55 Å². The van der Waals surface area contributed by atoms with Crippen molar-refractivity contribution in [2.75, 3.05) is 11.5 Å². The van der Waals surface area contributed by atoms with Crippen LogP contribution >= 0.6 is 0 Å². The smallest absolute Gasteiger partial charge is 0.150 e. The number of imidazole rings is 1. The minimum Gasteiger partial charge on any atom is -0.335 e. The molecule has 0 saturated carbocycles. The van der Waals surface area contributed by atoms with E-state index >= 15 is 0 Å². The van der Waals surface area contributed by atoms with Crippen LogP contribution < -0.4 is 5.73 Å². The lowest BCUT2D eigenvalue weighted by Gasteiger charge is -2.18. The van der Waals surface area contributed by atoms with E-state index in [4.69, 9.17) is 5.73 Å². The Labute approximate surface area is 107 Å². The van der Waals surface area contributed by atoms with Crippen molar-refractivity contribution in [2.45, 2.75) is 38.3 Å². The first-order valence-corrected chi connectivity index (χ1v) is 8.35. The normalized spacial score (nSPS) is 30.3. The molecule has 2 N–H and O–H groups in total. The van der Waals surface area contributed by atoms with Gasteiger partial charge in [-0.2, -0.15) is 0 Å². The van der Waals surface area contributed by atoms with Crippen LogP contribution in [0.2, 0.25) is 0 Å². The van der Waals surface area contributed by atoms with Crippen molar-refractivity contribution in [3.63, 3.8) is 0 Å². The number of nitrogens with two attached hydrogens (primary N) is 1. The number of aromatic nitrogens is 2. The molecule has 1 aromatic heterocycles. The molecule has 0 bridgehead atoms. The minimum absolute atomic E-state index is 0.222. The molecule has 18 heavy (non-hydrogen) atoms. The van der Waals surface area contributed by atoms with Gasteiger partial charge in [-0.1, -0.05) is 0 Å². The Kier molecular flexibility index (Phi) is 2.94. The molecule has 3 rings (SSSR count). The quantitative estimate of drug-likeness (QED) is 0.828. The summed E-state index contributed by atoms with van der Waals surface area (Å²) in [6, 6.07) is 0.222. The maximum atomic E-state index is 11.4. The SMILES string of the molecule is NC1CCn2cc(CC3CCS(=O)(=O)C3)nc2C1. The number of nitrogens with zero attached hydrogens (tertiary/aromatic N) is 2. The number of sulfone groups is 1. The fraction of sp³-hybridized carbons (Fsp3) is 0.750. The summed E-state index contributed by atoms with van der Waals surface area (Å²) in [4.78, 5) is 4.60. The summed E-state index contributed by atoms with van der Waals surface area (Å²) in [7, 11) is -2.78. The van der Waals surface area contributed by atoms with Crippen LogP contribution in [0.15, 0.2) is 6.20 Å². The van der Waals surface area contributed by atoms with E-state index in [1.54, 1.807) is 0 Å². The van der Waals surface area contributed by atoms with Gasteiger partial charge in [-0.15, -0.1) is 0 Å². The highest BCUT2D eigenvalue weighted by Gasteiger charge is 2.29. The molecule has 6 heteroatoms. The van der Waals surface area contributed by atoms with Crippen molar-refractivity contribution < 1.29 is 8.42 Å². The van der Waals surface area contributed by atoms with Crippen molar-refractivity contribution in [3.8, 4) is 0 Å². The second kappa shape index (κ2) is 4.35. The molecule has 100 valence electrons. The number of fused-ring (bicyclic) bond motifs is 1. The highest BCUT2D eigenvalue weighted by Crippen LogP contribution is 2.23. The lowest BCUT2D eigenvalue weighted by Crippen LogP contribution is -2.30. The molecule has 3 heterocycles. The summed E-state index contributed by atoms with van der Waals surface area (Å²) in [5.41, 5.74) is 6.95. The third-order valence-electron chi connectivity index (χ3n) is 3.92. The van der Waals surface area contributed by atoms with E-state index in [-0.39, 0.29) is 12.0 Å². The molecule has 0 spiro atoms. The van der Waals surface area contributed by atoms with E-state index in [9.17, 15) is 8.42 Å². The molecule has 0 aliphatic carbocycles. The number of rotatable bonds is 2. The lowest BCUT2D eigenvalue weighted by molar-refractivity contribution is 0.463. The van der Waals surface area contributed by atoms with Gasteiger partial charge >= 0.3 is 0 Å². The Morgan fingerprint density at radius 2 is 2.28 bits per heavy atom. The molecule has 1 fully saturated rings. The molecule has 0 aromatic carbocycles. The van der Waals surface area contributed by atoms with Crippen molar-refractivity contribution in [1.29, 1.82) is 0 Å². The second-order valence-corrected chi connectivity index (χ2v) is 7.80. The minimum atomic E-state index is -2.78. The van der Waals surface area contributed by atoms with Gasteiger partial charge in [-0.25, -0.2) is 13.4 Å². The topological polar surface area (TPSA) is 78.0 Å².